The van der Waals surface area contributed by atoms with Gasteiger partial charge in [0.15, 0.2) is 5.79 Å². The fourth-order valence-electron chi connectivity index (χ4n) is 4.10. The lowest BCUT2D eigenvalue weighted by Crippen LogP contribution is -2.51. The Bertz CT molecular complexity index is 761. The predicted octanol–water partition coefficient (Wildman–Crippen LogP) is 1.33. The number of ether oxygens (including phenoxy) is 3. The van der Waals surface area contributed by atoms with Crippen molar-refractivity contribution in [2.75, 3.05) is 37.8 Å². The Morgan fingerprint density at radius 1 is 1.14 bits per heavy atom. The molecule has 3 aliphatic rings. The fourth-order valence-corrected chi connectivity index (χ4v) is 4.10. The van der Waals surface area contributed by atoms with Gasteiger partial charge in [-0.1, -0.05) is 0 Å². The van der Waals surface area contributed by atoms with Crippen LogP contribution >= 0.6 is 0 Å². The number of likely N-dealkylation sites (tertiary alicyclic amines) is 1. The second-order valence-electron chi connectivity index (χ2n) is 7.20. The second-order valence-corrected chi connectivity index (χ2v) is 7.20. The van der Waals surface area contributed by atoms with Crippen molar-refractivity contribution in [2.24, 2.45) is 0 Å². The predicted molar refractivity (Wildman–Crippen MR) is 98.7 cm³/mol. The molecular formula is C20H24N2O6. The first-order valence-corrected chi connectivity index (χ1v) is 9.69. The number of carbonyl (C=O) groups is 3. The van der Waals surface area contributed by atoms with Crippen molar-refractivity contribution in [3.05, 3.63) is 29.8 Å². The fraction of sp³-hybridized carbons (Fsp3) is 0.550. The maximum Gasteiger partial charge on any atom is 0.338 e. The monoisotopic (exact) mass is 388 g/mol. The summed E-state index contributed by atoms with van der Waals surface area (Å²) in [4.78, 5) is 40.5. The van der Waals surface area contributed by atoms with Crippen LogP contribution in [0.1, 0.15) is 36.5 Å². The highest BCUT2D eigenvalue weighted by atomic mass is 16.7. The van der Waals surface area contributed by atoms with Gasteiger partial charge in [-0.3, -0.25) is 14.5 Å². The highest BCUT2D eigenvalue weighted by Crippen LogP contribution is 2.34. The summed E-state index contributed by atoms with van der Waals surface area (Å²) in [7, 11) is 0. The van der Waals surface area contributed by atoms with Crippen molar-refractivity contribution in [2.45, 2.75) is 38.0 Å². The van der Waals surface area contributed by atoms with Crippen LogP contribution in [-0.4, -0.2) is 67.4 Å². The molecule has 8 nitrogen and oxygen atoms in total. The van der Waals surface area contributed by atoms with E-state index < -0.39 is 17.8 Å². The number of esters is 1. The van der Waals surface area contributed by atoms with Gasteiger partial charge in [-0.05, 0) is 31.2 Å². The van der Waals surface area contributed by atoms with Crippen LogP contribution in [0.25, 0.3) is 0 Å². The van der Waals surface area contributed by atoms with Gasteiger partial charge in [-0.2, -0.15) is 0 Å². The van der Waals surface area contributed by atoms with Gasteiger partial charge in [0, 0.05) is 25.9 Å². The van der Waals surface area contributed by atoms with Crippen LogP contribution in [-0.2, 0) is 23.8 Å². The van der Waals surface area contributed by atoms with E-state index in [4.69, 9.17) is 14.2 Å². The quantitative estimate of drug-likeness (QED) is 0.568. The van der Waals surface area contributed by atoms with Gasteiger partial charge in [-0.25, -0.2) is 9.69 Å². The Kier molecular flexibility index (Phi) is 5.18. The maximum absolute atomic E-state index is 13.0. The Labute approximate surface area is 163 Å². The van der Waals surface area contributed by atoms with E-state index in [9.17, 15) is 14.4 Å². The molecule has 0 unspecified atom stereocenters. The molecule has 1 aromatic rings. The summed E-state index contributed by atoms with van der Waals surface area (Å²) in [5.74, 6) is -1.39. The number of benzene rings is 1. The average Bonchev–Trinajstić information content (AvgIpc) is 3.27. The topological polar surface area (TPSA) is 85.4 Å². The lowest BCUT2D eigenvalue weighted by molar-refractivity contribution is -0.188. The van der Waals surface area contributed by atoms with Gasteiger partial charge in [-0.15, -0.1) is 0 Å². The number of hydrogen-bond acceptors (Lipinski definition) is 7. The SMILES string of the molecule is CCOC(=O)c1ccc(N2C(=O)C[C@@H](N3CCC4(CC3)OCCO4)C2=O)cc1. The molecule has 1 atom stereocenters. The van der Waals surface area contributed by atoms with Crippen LogP contribution in [0.2, 0.25) is 0 Å². The van der Waals surface area contributed by atoms with Crippen LogP contribution in [0.3, 0.4) is 0 Å². The Balaban J connectivity index is 1.43. The van der Waals surface area contributed by atoms with Crippen molar-refractivity contribution in [3.63, 3.8) is 0 Å². The smallest absolute Gasteiger partial charge is 0.338 e. The molecule has 2 amide bonds. The second kappa shape index (κ2) is 7.62. The van der Waals surface area contributed by atoms with Crippen LogP contribution < -0.4 is 4.90 Å². The lowest BCUT2D eigenvalue weighted by Gasteiger charge is -2.39. The molecule has 4 rings (SSSR count). The molecule has 0 radical (unpaired) electrons. The van der Waals surface area contributed by atoms with Gasteiger partial charge in [0.25, 0.3) is 5.91 Å². The van der Waals surface area contributed by atoms with Gasteiger partial charge >= 0.3 is 5.97 Å². The molecule has 0 saturated carbocycles. The number of rotatable bonds is 4. The normalized spacial score (nSPS) is 24.9. The number of imide groups is 1. The molecule has 1 spiro atoms. The average molecular weight is 388 g/mol. The zero-order valence-electron chi connectivity index (χ0n) is 15.9. The molecule has 3 fully saturated rings. The molecule has 3 heterocycles. The van der Waals surface area contributed by atoms with E-state index in [-0.39, 0.29) is 18.2 Å². The zero-order valence-corrected chi connectivity index (χ0v) is 15.9. The number of anilines is 1. The Morgan fingerprint density at radius 3 is 2.39 bits per heavy atom. The molecule has 0 bridgehead atoms. The van der Waals surface area contributed by atoms with Gasteiger partial charge in [0.2, 0.25) is 5.91 Å². The van der Waals surface area contributed by atoms with Gasteiger partial charge < -0.3 is 14.2 Å². The molecule has 3 aliphatic heterocycles. The number of amides is 2. The summed E-state index contributed by atoms with van der Waals surface area (Å²) in [5, 5.41) is 0. The first kappa shape index (κ1) is 19.0. The van der Waals surface area contributed by atoms with Gasteiger partial charge in [0.1, 0.15) is 0 Å². The highest BCUT2D eigenvalue weighted by molar-refractivity contribution is 6.22. The van der Waals surface area contributed by atoms with E-state index in [2.05, 4.69) is 0 Å². The first-order chi connectivity index (χ1) is 13.5. The van der Waals surface area contributed by atoms with E-state index >= 15 is 0 Å². The molecule has 3 saturated heterocycles. The van der Waals surface area contributed by atoms with Crippen molar-refractivity contribution in [1.82, 2.24) is 4.90 Å². The van der Waals surface area contributed by atoms with Crippen LogP contribution in [0.4, 0.5) is 5.69 Å². The summed E-state index contributed by atoms with van der Waals surface area (Å²) in [6.45, 7) is 4.55. The summed E-state index contributed by atoms with van der Waals surface area (Å²) < 4.78 is 16.4. The van der Waals surface area contributed by atoms with Crippen molar-refractivity contribution < 1.29 is 28.6 Å². The van der Waals surface area contributed by atoms with Crippen LogP contribution in [0.15, 0.2) is 24.3 Å². The molecule has 0 aromatic heterocycles. The minimum absolute atomic E-state index is 0.160. The van der Waals surface area contributed by atoms with E-state index in [0.717, 1.165) is 0 Å². The summed E-state index contributed by atoms with van der Waals surface area (Å²) >= 11 is 0. The van der Waals surface area contributed by atoms with Crippen LogP contribution in [0, 0.1) is 0 Å². The molecular weight excluding hydrogens is 364 g/mol. The maximum atomic E-state index is 13.0. The molecule has 150 valence electrons. The first-order valence-electron chi connectivity index (χ1n) is 9.69. The minimum Gasteiger partial charge on any atom is -0.462 e. The Morgan fingerprint density at radius 2 is 1.79 bits per heavy atom. The van der Waals surface area contributed by atoms with E-state index in [1.165, 1.54) is 4.90 Å². The molecule has 8 heteroatoms. The number of nitrogens with zero attached hydrogens (tertiary/aromatic N) is 2. The molecule has 1 aromatic carbocycles. The lowest BCUT2D eigenvalue weighted by atomic mass is 10.0. The van der Waals surface area contributed by atoms with E-state index in [0.29, 0.717) is 57.0 Å². The van der Waals surface area contributed by atoms with E-state index in [1.54, 1.807) is 31.2 Å². The third kappa shape index (κ3) is 3.43. The molecule has 0 N–H and O–H groups in total. The number of hydrogen-bond donors (Lipinski definition) is 0. The van der Waals surface area contributed by atoms with E-state index in [1.807, 2.05) is 4.90 Å². The highest BCUT2D eigenvalue weighted by Gasteiger charge is 2.47. The molecule has 28 heavy (non-hydrogen) atoms. The van der Waals surface area contributed by atoms with Crippen LogP contribution in [0.5, 0.6) is 0 Å². The number of carbonyl (C=O) groups excluding carboxylic acids is 3. The summed E-state index contributed by atoms with van der Waals surface area (Å²) in [5.41, 5.74) is 0.862. The summed E-state index contributed by atoms with van der Waals surface area (Å²) in [6, 6.07) is 5.89. The Hall–Kier alpha value is -2.29. The number of piperidine rings is 1. The third-order valence-electron chi connectivity index (χ3n) is 5.57. The van der Waals surface area contributed by atoms with Crippen molar-refractivity contribution in [3.8, 4) is 0 Å². The largest absolute Gasteiger partial charge is 0.462 e. The zero-order chi connectivity index (χ0) is 19.7. The minimum atomic E-state index is -0.509. The van der Waals surface area contributed by atoms with Crippen molar-refractivity contribution in [1.29, 1.82) is 0 Å². The molecule has 0 aliphatic carbocycles. The standard InChI is InChI=1S/C20H24N2O6/c1-2-26-19(25)14-3-5-15(6-4-14)22-17(23)13-16(18(22)24)21-9-7-20(8-10-21)27-11-12-28-20/h3-6,16H,2,7-13H2,1H3/t16-/m1/s1. The third-order valence-corrected chi connectivity index (χ3v) is 5.57. The van der Waals surface area contributed by atoms with Gasteiger partial charge in [0.05, 0.1) is 43.5 Å². The summed E-state index contributed by atoms with van der Waals surface area (Å²) in [6.07, 6.45) is 1.55. The van der Waals surface area contributed by atoms with Crippen molar-refractivity contribution >= 4 is 23.5 Å².